The minimum atomic E-state index is -0.447. The highest BCUT2D eigenvalue weighted by Crippen LogP contribution is 2.15. The van der Waals surface area contributed by atoms with Crippen LogP contribution in [0.2, 0.25) is 0 Å². The molecule has 2 N–H and O–H groups in total. The standard InChI is InChI=1S/C14H18N2O4/c1-3-15-14(19)10-6-4-5-7-11(10)16-12(17)8-9-13(18)20-2/h4-7H,3,8-9H2,1-2H3,(H,15,19)(H,16,17). The molecule has 6 heteroatoms. The highest BCUT2D eigenvalue weighted by Gasteiger charge is 2.13. The maximum absolute atomic E-state index is 11.8. The Morgan fingerprint density at radius 3 is 2.50 bits per heavy atom. The number of benzene rings is 1. The Morgan fingerprint density at radius 2 is 1.85 bits per heavy atom. The monoisotopic (exact) mass is 278 g/mol. The van der Waals surface area contributed by atoms with Gasteiger partial charge in [-0.25, -0.2) is 0 Å². The number of carbonyl (C=O) groups excluding carboxylic acids is 3. The van der Waals surface area contributed by atoms with E-state index in [0.717, 1.165) is 0 Å². The van der Waals surface area contributed by atoms with E-state index in [9.17, 15) is 14.4 Å². The van der Waals surface area contributed by atoms with Crippen LogP contribution >= 0.6 is 0 Å². The average Bonchev–Trinajstić information content (AvgIpc) is 2.45. The maximum Gasteiger partial charge on any atom is 0.306 e. The molecule has 0 atom stereocenters. The lowest BCUT2D eigenvalue weighted by molar-refractivity contribution is -0.141. The van der Waals surface area contributed by atoms with Gasteiger partial charge in [-0.1, -0.05) is 12.1 Å². The fourth-order valence-electron chi connectivity index (χ4n) is 1.58. The van der Waals surface area contributed by atoms with E-state index in [1.165, 1.54) is 7.11 Å². The first kappa shape index (κ1) is 15.7. The Hall–Kier alpha value is -2.37. The van der Waals surface area contributed by atoms with Crippen LogP contribution in [0.25, 0.3) is 0 Å². The summed E-state index contributed by atoms with van der Waals surface area (Å²) in [6.45, 7) is 2.32. The number of anilines is 1. The second-order valence-corrected chi connectivity index (χ2v) is 4.03. The molecule has 0 bridgehead atoms. The molecule has 108 valence electrons. The molecule has 0 saturated heterocycles. The Kier molecular flexibility index (Phi) is 6.22. The van der Waals surface area contributed by atoms with Crippen LogP contribution in [0.1, 0.15) is 30.1 Å². The van der Waals surface area contributed by atoms with Crippen LogP contribution in [-0.4, -0.2) is 31.4 Å². The molecule has 1 aromatic carbocycles. The second kappa shape index (κ2) is 7.93. The van der Waals surface area contributed by atoms with Crippen LogP contribution in [0.15, 0.2) is 24.3 Å². The van der Waals surface area contributed by atoms with Gasteiger partial charge in [-0.2, -0.15) is 0 Å². The zero-order valence-electron chi connectivity index (χ0n) is 11.6. The molecule has 0 heterocycles. The Bertz CT molecular complexity index is 500. The zero-order chi connectivity index (χ0) is 15.0. The van der Waals surface area contributed by atoms with Crippen LogP contribution in [-0.2, 0) is 14.3 Å². The quantitative estimate of drug-likeness (QED) is 0.769. The Labute approximate surface area is 117 Å². The van der Waals surface area contributed by atoms with Gasteiger partial charge in [0.15, 0.2) is 0 Å². The number of hydrogen-bond donors (Lipinski definition) is 2. The van der Waals surface area contributed by atoms with Crippen LogP contribution in [0.3, 0.4) is 0 Å². The third-order valence-electron chi connectivity index (χ3n) is 2.57. The number of ether oxygens (including phenoxy) is 1. The third kappa shape index (κ3) is 4.72. The predicted molar refractivity (Wildman–Crippen MR) is 74.3 cm³/mol. The average molecular weight is 278 g/mol. The molecule has 2 amide bonds. The van der Waals surface area contributed by atoms with Gasteiger partial charge in [0.05, 0.1) is 24.8 Å². The number of rotatable bonds is 6. The van der Waals surface area contributed by atoms with Gasteiger partial charge in [0.25, 0.3) is 5.91 Å². The van der Waals surface area contributed by atoms with Gasteiger partial charge in [0.1, 0.15) is 0 Å². The molecule has 0 aliphatic carbocycles. The molecule has 0 radical (unpaired) electrons. The van der Waals surface area contributed by atoms with Gasteiger partial charge in [-0.3, -0.25) is 14.4 Å². The molecule has 1 rings (SSSR count). The van der Waals surface area contributed by atoms with Crippen LogP contribution in [0, 0.1) is 0 Å². The van der Waals surface area contributed by atoms with Crippen molar-refractivity contribution in [3.63, 3.8) is 0 Å². The van der Waals surface area contributed by atoms with Crippen molar-refractivity contribution in [3.8, 4) is 0 Å². The minimum absolute atomic E-state index is 0.00561. The molecule has 0 spiro atoms. The summed E-state index contributed by atoms with van der Waals surface area (Å²) in [5.41, 5.74) is 0.814. The lowest BCUT2D eigenvalue weighted by Crippen LogP contribution is -2.24. The Balaban J connectivity index is 2.69. The van der Waals surface area contributed by atoms with E-state index in [2.05, 4.69) is 15.4 Å². The first-order valence-electron chi connectivity index (χ1n) is 6.32. The summed E-state index contributed by atoms with van der Waals surface area (Å²) in [7, 11) is 1.27. The maximum atomic E-state index is 11.8. The van der Waals surface area contributed by atoms with Crippen LogP contribution < -0.4 is 10.6 Å². The number of esters is 1. The number of hydrogen-bond acceptors (Lipinski definition) is 4. The van der Waals surface area contributed by atoms with Crippen LogP contribution in [0.4, 0.5) is 5.69 Å². The van der Waals surface area contributed by atoms with Gasteiger partial charge in [-0.05, 0) is 19.1 Å². The van der Waals surface area contributed by atoms with E-state index in [1.807, 2.05) is 6.92 Å². The summed E-state index contributed by atoms with van der Waals surface area (Å²) in [4.78, 5) is 34.5. The van der Waals surface area contributed by atoms with Crippen molar-refractivity contribution in [2.45, 2.75) is 19.8 Å². The van der Waals surface area contributed by atoms with Gasteiger partial charge in [-0.15, -0.1) is 0 Å². The molecule has 0 aliphatic rings. The molecule has 20 heavy (non-hydrogen) atoms. The van der Waals surface area contributed by atoms with E-state index in [4.69, 9.17) is 0 Å². The largest absolute Gasteiger partial charge is 0.469 e. The van der Waals surface area contributed by atoms with Crippen LogP contribution in [0.5, 0.6) is 0 Å². The second-order valence-electron chi connectivity index (χ2n) is 4.03. The molecule has 6 nitrogen and oxygen atoms in total. The van der Waals surface area contributed by atoms with Crippen molar-refractivity contribution >= 4 is 23.5 Å². The normalized spacial score (nSPS) is 9.70. The van der Waals surface area contributed by atoms with Crippen molar-refractivity contribution in [2.75, 3.05) is 19.0 Å². The van der Waals surface area contributed by atoms with E-state index < -0.39 is 5.97 Å². The summed E-state index contributed by atoms with van der Waals surface area (Å²) in [5, 5.41) is 5.29. The van der Waals surface area contributed by atoms with Crippen molar-refractivity contribution in [3.05, 3.63) is 29.8 Å². The summed E-state index contributed by atoms with van der Waals surface area (Å²) >= 11 is 0. The fraction of sp³-hybridized carbons (Fsp3) is 0.357. The molecule has 0 aliphatic heterocycles. The summed E-state index contributed by atoms with van der Waals surface area (Å²) in [6, 6.07) is 6.70. The molecule has 0 aromatic heterocycles. The highest BCUT2D eigenvalue weighted by atomic mass is 16.5. The molecule has 0 fully saturated rings. The van der Waals surface area contributed by atoms with Crippen molar-refractivity contribution < 1.29 is 19.1 Å². The van der Waals surface area contributed by atoms with Crippen molar-refractivity contribution in [1.29, 1.82) is 0 Å². The number of nitrogens with one attached hydrogen (secondary N) is 2. The van der Waals surface area contributed by atoms with Gasteiger partial charge in [0.2, 0.25) is 5.91 Å². The van der Waals surface area contributed by atoms with E-state index in [0.29, 0.717) is 17.8 Å². The zero-order valence-corrected chi connectivity index (χ0v) is 11.6. The molecular weight excluding hydrogens is 260 g/mol. The van der Waals surface area contributed by atoms with Crippen molar-refractivity contribution in [1.82, 2.24) is 5.32 Å². The molecule has 0 unspecified atom stereocenters. The summed E-state index contributed by atoms with van der Waals surface area (Å²) < 4.78 is 4.46. The van der Waals surface area contributed by atoms with E-state index in [1.54, 1.807) is 24.3 Å². The number of methoxy groups -OCH3 is 1. The smallest absolute Gasteiger partial charge is 0.306 e. The summed E-state index contributed by atoms with van der Waals surface area (Å²) in [6.07, 6.45) is 0.0159. The van der Waals surface area contributed by atoms with E-state index >= 15 is 0 Å². The van der Waals surface area contributed by atoms with E-state index in [-0.39, 0.29) is 24.7 Å². The lowest BCUT2D eigenvalue weighted by Gasteiger charge is -2.10. The SMILES string of the molecule is CCNC(=O)c1ccccc1NC(=O)CCC(=O)OC. The number of para-hydroxylation sites is 1. The van der Waals surface area contributed by atoms with Gasteiger partial charge >= 0.3 is 5.97 Å². The van der Waals surface area contributed by atoms with Gasteiger partial charge < -0.3 is 15.4 Å². The fourth-order valence-corrected chi connectivity index (χ4v) is 1.58. The highest BCUT2D eigenvalue weighted by molar-refractivity contribution is 6.04. The molecule has 1 aromatic rings. The van der Waals surface area contributed by atoms with Crippen molar-refractivity contribution in [2.24, 2.45) is 0 Å². The first-order chi connectivity index (χ1) is 9.58. The molecular formula is C14H18N2O4. The van der Waals surface area contributed by atoms with Gasteiger partial charge in [0, 0.05) is 13.0 Å². The topological polar surface area (TPSA) is 84.5 Å². The summed E-state index contributed by atoms with van der Waals surface area (Å²) in [5.74, 6) is -1.04. The Morgan fingerprint density at radius 1 is 1.15 bits per heavy atom. The molecule has 0 saturated carbocycles. The number of carbonyl (C=O) groups is 3. The first-order valence-corrected chi connectivity index (χ1v) is 6.32. The third-order valence-corrected chi connectivity index (χ3v) is 2.57. The predicted octanol–water partition coefficient (Wildman–Crippen LogP) is 1.33. The minimum Gasteiger partial charge on any atom is -0.469 e. The lowest BCUT2D eigenvalue weighted by atomic mass is 10.1. The number of amides is 2.